The quantitative estimate of drug-likeness (QED) is 0.426. The molecule has 1 aliphatic carbocycles. The molecule has 0 saturated heterocycles. The van der Waals surface area contributed by atoms with E-state index >= 15 is 0 Å². The highest BCUT2D eigenvalue weighted by Crippen LogP contribution is 2.28. The topological polar surface area (TPSA) is 55.4 Å². The first kappa shape index (κ1) is 17.7. The van der Waals surface area contributed by atoms with Gasteiger partial charge in [-0.15, -0.1) is 0 Å². The van der Waals surface area contributed by atoms with Crippen LogP contribution >= 0.6 is 15.9 Å². The lowest BCUT2D eigenvalue weighted by molar-refractivity contribution is -0.134. The normalized spacial score (nSPS) is 13.3. The van der Waals surface area contributed by atoms with Gasteiger partial charge in [-0.05, 0) is 54.7 Å². The second kappa shape index (κ2) is 8.30. The van der Waals surface area contributed by atoms with Gasteiger partial charge in [-0.25, -0.2) is 0 Å². The molecule has 2 aromatic rings. The van der Waals surface area contributed by atoms with Crippen molar-refractivity contribution in [2.45, 2.75) is 25.7 Å². The van der Waals surface area contributed by atoms with Gasteiger partial charge < -0.3 is 10.1 Å². The van der Waals surface area contributed by atoms with Crippen LogP contribution in [0, 0.1) is 5.92 Å². The van der Waals surface area contributed by atoms with Gasteiger partial charge >= 0.3 is 5.97 Å². The van der Waals surface area contributed by atoms with Crippen LogP contribution in [0.3, 0.4) is 0 Å². The summed E-state index contributed by atoms with van der Waals surface area (Å²) in [5.41, 5.74) is 2.17. The number of esters is 1. The fourth-order valence-electron chi connectivity index (χ4n) is 2.47. The van der Waals surface area contributed by atoms with E-state index in [1.165, 1.54) is 0 Å². The standard InChI is InChI=1S/C20H20BrNO3/c21-17-9-5-14(6-10-17)15-7-11-18(12-8-15)25-19(23)2-1-13-22-20(24)16-3-4-16/h5-12,16H,1-4,13H2,(H,22,24). The second-order valence-corrected chi connectivity index (χ2v) is 7.09. The van der Waals surface area contributed by atoms with Gasteiger partial charge in [-0.2, -0.15) is 0 Å². The molecule has 0 radical (unpaired) electrons. The summed E-state index contributed by atoms with van der Waals surface area (Å²) in [6.07, 6.45) is 2.86. The van der Waals surface area contributed by atoms with Gasteiger partial charge in [-0.3, -0.25) is 9.59 Å². The molecule has 1 aliphatic rings. The van der Waals surface area contributed by atoms with Crippen LogP contribution in [0.15, 0.2) is 53.0 Å². The van der Waals surface area contributed by atoms with Gasteiger partial charge in [0, 0.05) is 23.4 Å². The van der Waals surface area contributed by atoms with Crippen molar-refractivity contribution in [3.8, 4) is 16.9 Å². The highest BCUT2D eigenvalue weighted by molar-refractivity contribution is 9.10. The molecule has 25 heavy (non-hydrogen) atoms. The van der Waals surface area contributed by atoms with Crippen LogP contribution < -0.4 is 10.1 Å². The van der Waals surface area contributed by atoms with Crippen LogP contribution in [-0.4, -0.2) is 18.4 Å². The van der Waals surface area contributed by atoms with Crippen LogP contribution in [0.2, 0.25) is 0 Å². The van der Waals surface area contributed by atoms with Crippen molar-refractivity contribution < 1.29 is 14.3 Å². The van der Waals surface area contributed by atoms with Gasteiger partial charge in [0.1, 0.15) is 5.75 Å². The van der Waals surface area contributed by atoms with E-state index in [2.05, 4.69) is 21.2 Å². The Morgan fingerprint density at radius 2 is 1.60 bits per heavy atom. The Bertz CT molecular complexity index is 737. The lowest BCUT2D eigenvalue weighted by Crippen LogP contribution is -2.26. The van der Waals surface area contributed by atoms with Crippen LogP contribution in [0.5, 0.6) is 5.75 Å². The third-order valence-electron chi connectivity index (χ3n) is 4.07. The van der Waals surface area contributed by atoms with E-state index in [0.29, 0.717) is 25.1 Å². The average Bonchev–Trinajstić information content (AvgIpc) is 3.45. The molecule has 0 spiro atoms. The number of carbonyl (C=O) groups is 2. The van der Waals surface area contributed by atoms with Crippen LogP contribution in [0.1, 0.15) is 25.7 Å². The number of hydrogen-bond donors (Lipinski definition) is 1. The van der Waals surface area contributed by atoms with Crippen molar-refractivity contribution in [2.24, 2.45) is 5.92 Å². The van der Waals surface area contributed by atoms with Gasteiger partial charge in [-0.1, -0.05) is 40.2 Å². The molecule has 1 N–H and O–H groups in total. The zero-order valence-corrected chi connectivity index (χ0v) is 15.4. The first-order chi connectivity index (χ1) is 12.1. The Morgan fingerprint density at radius 1 is 1.00 bits per heavy atom. The minimum absolute atomic E-state index is 0.108. The predicted molar refractivity (Wildman–Crippen MR) is 100 cm³/mol. The number of rotatable bonds is 7. The molecular weight excluding hydrogens is 382 g/mol. The smallest absolute Gasteiger partial charge is 0.311 e. The SMILES string of the molecule is O=C(CCCNC(=O)C1CC1)Oc1ccc(-c2ccc(Br)cc2)cc1. The number of halogens is 1. The molecule has 1 amide bonds. The summed E-state index contributed by atoms with van der Waals surface area (Å²) in [7, 11) is 0. The largest absolute Gasteiger partial charge is 0.427 e. The molecule has 3 rings (SSSR count). The molecule has 0 unspecified atom stereocenters. The molecular formula is C20H20BrNO3. The number of ether oxygens (including phenoxy) is 1. The van der Waals surface area contributed by atoms with Crippen LogP contribution in [0.25, 0.3) is 11.1 Å². The maximum absolute atomic E-state index is 11.9. The fourth-order valence-corrected chi connectivity index (χ4v) is 2.74. The van der Waals surface area contributed by atoms with Crippen molar-refractivity contribution in [1.82, 2.24) is 5.32 Å². The Hall–Kier alpha value is -2.14. The first-order valence-electron chi connectivity index (χ1n) is 8.46. The third kappa shape index (κ3) is 5.43. The molecule has 1 fully saturated rings. The minimum Gasteiger partial charge on any atom is -0.427 e. The summed E-state index contributed by atoms with van der Waals surface area (Å²) in [6, 6.07) is 15.5. The van der Waals surface area contributed by atoms with E-state index in [-0.39, 0.29) is 17.8 Å². The Kier molecular flexibility index (Phi) is 5.87. The molecule has 0 heterocycles. The maximum atomic E-state index is 11.9. The number of benzene rings is 2. The van der Waals surface area contributed by atoms with E-state index in [0.717, 1.165) is 28.4 Å². The van der Waals surface area contributed by atoms with E-state index in [1.807, 2.05) is 36.4 Å². The van der Waals surface area contributed by atoms with E-state index in [9.17, 15) is 9.59 Å². The van der Waals surface area contributed by atoms with Gasteiger partial charge in [0.15, 0.2) is 0 Å². The zero-order valence-electron chi connectivity index (χ0n) is 13.8. The van der Waals surface area contributed by atoms with E-state index in [1.54, 1.807) is 12.1 Å². The molecule has 0 aliphatic heterocycles. The summed E-state index contributed by atoms with van der Waals surface area (Å²) in [4.78, 5) is 23.3. The predicted octanol–water partition coefficient (Wildman–Crippen LogP) is 4.33. The average molecular weight is 402 g/mol. The van der Waals surface area contributed by atoms with Crippen molar-refractivity contribution in [2.75, 3.05) is 6.54 Å². The summed E-state index contributed by atoms with van der Waals surface area (Å²) in [5.74, 6) is 0.568. The highest BCUT2D eigenvalue weighted by atomic mass is 79.9. The third-order valence-corrected chi connectivity index (χ3v) is 4.60. The highest BCUT2D eigenvalue weighted by Gasteiger charge is 2.28. The maximum Gasteiger partial charge on any atom is 0.311 e. The Balaban J connectivity index is 1.43. The van der Waals surface area contributed by atoms with Crippen LogP contribution in [-0.2, 0) is 9.59 Å². The number of nitrogens with one attached hydrogen (secondary N) is 1. The molecule has 130 valence electrons. The van der Waals surface area contributed by atoms with E-state index < -0.39 is 0 Å². The molecule has 2 aromatic carbocycles. The summed E-state index contributed by atoms with van der Waals surface area (Å²) in [6.45, 7) is 0.521. The molecule has 5 heteroatoms. The molecule has 0 atom stereocenters. The number of carbonyl (C=O) groups excluding carboxylic acids is 2. The van der Waals surface area contributed by atoms with Crippen molar-refractivity contribution in [1.29, 1.82) is 0 Å². The fraction of sp³-hybridized carbons (Fsp3) is 0.300. The lowest BCUT2D eigenvalue weighted by atomic mass is 10.1. The zero-order chi connectivity index (χ0) is 17.6. The summed E-state index contributed by atoms with van der Waals surface area (Å²) < 4.78 is 6.37. The van der Waals surface area contributed by atoms with Crippen molar-refractivity contribution in [3.05, 3.63) is 53.0 Å². The molecule has 4 nitrogen and oxygen atoms in total. The van der Waals surface area contributed by atoms with Crippen molar-refractivity contribution in [3.63, 3.8) is 0 Å². The molecule has 0 bridgehead atoms. The van der Waals surface area contributed by atoms with Gasteiger partial charge in [0.05, 0.1) is 0 Å². The molecule has 1 saturated carbocycles. The van der Waals surface area contributed by atoms with E-state index in [4.69, 9.17) is 4.74 Å². The molecule has 0 aromatic heterocycles. The summed E-state index contributed by atoms with van der Waals surface area (Å²) >= 11 is 3.42. The second-order valence-electron chi connectivity index (χ2n) is 6.17. The Morgan fingerprint density at radius 3 is 2.20 bits per heavy atom. The number of amides is 1. The first-order valence-corrected chi connectivity index (χ1v) is 9.25. The Labute approximate surface area is 155 Å². The lowest BCUT2D eigenvalue weighted by Gasteiger charge is -2.07. The van der Waals surface area contributed by atoms with Gasteiger partial charge in [0.25, 0.3) is 0 Å². The number of hydrogen-bond acceptors (Lipinski definition) is 3. The minimum atomic E-state index is -0.280. The van der Waals surface area contributed by atoms with Crippen LogP contribution in [0.4, 0.5) is 0 Å². The van der Waals surface area contributed by atoms with Gasteiger partial charge in [0.2, 0.25) is 5.91 Å². The van der Waals surface area contributed by atoms with Crippen molar-refractivity contribution >= 4 is 27.8 Å². The monoisotopic (exact) mass is 401 g/mol. The summed E-state index contributed by atoms with van der Waals surface area (Å²) in [5, 5.41) is 2.84.